The van der Waals surface area contributed by atoms with Gasteiger partial charge in [0.1, 0.15) is 0 Å². The lowest BCUT2D eigenvalue weighted by Gasteiger charge is -2.08. The van der Waals surface area contributed by atoms with Gasteiger partial charge >= 0.3 is 6.18 Å². The van der Waals surface area contributed by atoms with Gasteiger partial charge in [-0.15, -0.1) is 0 Å². The molecule has 0 aliphatic heterocycles. The summed E-state index contributed by atoms with van der Waals surface area (Å²) in [7, 11) is -3.66. The highest BCUT2D eigenvalue weighted by atomic mass is 32.2. The molecule has 0 heterocycles. The fourth-order valence-electron chi connectivity index (χ4n) is 1.05. The third-order valence-corrected chi connectivity index (χ3v) is 3.26. The first-order valence-electron chi connectivity index (χ1n) is 5.38. The van der Waals surface area contributed by atoms with Crippen LogP contribution in [0, 0.1) is 0 Å². The normalized spacial score (nSPS) is 12.7. The largest absolute Gasteiger partial charge is 0.389 e. The number of halogens is 3. The molecule has 1 N–H and O–H groups in total. The minimum Gasteiger partial charge on any atom is -0.376 e. The van der Waals surface area contributed by atoms with Gasteiger partial charge in [-0.05, 0) is 13.3 Å². The Bertz CT molecular complexity index is 352. The van der Waals surface area contributed by atoms with Gasteiger partial charge in [0.2, 0.25) is 10.0 Å². The van der Waals surface area contributed by atoms with E-state index >= 15 is 0 Å². The Balaban J connectivity index is 3.71. The van der Waals surface area contributed by atoms with Gasteiger partial charge in [-0.3, -0.25) is 0 Å². The Labute approximate surface area is 105 Å². The van der Waals surface area contributed by atoms with Gasteiger partial charge in [-0.2, -0.15) is 13.2 Å². The van der Waals surface area contributed by atoms with Crippen LogP contribution in [0.1, 0.15) is 19.8 Å². The first-order chi connectivity index (χ1) is 8.12. The van der Waals surface area contributed by atoms with Gasteiger partial charge < -0.3 is 4.74 Å². The summed E-state index contributed by atoms with van der Waals surface area (Å²) in [6, 6.07) is 0. The van der Waals surface area contributed by atoms with Crippen molar-refractivity contribution in [3.05, 3.63) is 12.2 Å². The van der Waals surface area contributed by atoms with Crippen LogP contribution in [-0.2, 0) is 14.8 Å². The molecule has 108 valence electrons. The maximum atomic E-state index is 11.8. The molecule has 0 bridgehead atoms. The summed E-state index contributed by atoms with van der Waals surface area (Å²) >= 11 is 0. The summed E-state index contributed by atoms with van der Waals surface area (Å²) in [6.45, 7) is 5.89. The summed E-state index contributed by atoms with van der Waals surface area (Å²) in [5.74, 6) is -0.535. The van der Waals surface area contributed by atoms with Crippen molar-refractivity contribution < 1.29 is 26.3 Å². The summed E-state index contributed by atoms with van der Waals surface area (Å²) in [4.78, 5) is 0. The Kier molecular flexibility index (Phi) is 7.49. The molecular weight excluding hydrogens is 271 g/mol. The Morgan fingerprint density at radius 1 is 1.39 bits per heavy atom. The summed E-state index contributed by atoms with van der Waals surface area (Å²) in [6.07, 6.45) is -5.86. The van der Waals surface area contributed by atoms with Crippen LogP contribution in [0.3, 0.4) is 0 Å². The summed E-state index contributed by atoms with van der Waals surface area (Å²) in [5.41, 5.74) is 0.808. The molecule has 0 spiro atoms. The summed E-state index contributed by atoms with van der Waals surface area (Å²) in [5, 5.41) is 0. The van der Waals surface area contributed by atoms with Crippen LogP contribution in [0.2, 0.25) is 0 Å². The molecule has 0 amide bonds. The van der Waals surface area contributed by atoms with Crippen LogP contribution in [0.15, 0.2) is 12.2 Å². The van der Waals surface area contributed by atoms with Crippen molar-refractivity contribution >= 4 is 10.0 Å². The summed E-state index contributed by atoms with van der Waals surface area (Å²) < 4.78 is 65.2. The fraction of sp³-hybridized carbons (Fsp3) is 0.800. The molecule has 0 aromatic rings. The van der Waals surface area contributed by atoms with E-state index in [9.17, 15) is 21.6 Å². The predicted octanol–water partition coefficient (Wildman–Crippen LogP) is 1.84. The Morgan fingerprint density at radius 3 is 2.50 bits per heavy atom. The second-order valence-corrected chi connectivity index (χ2v) is 5.87. The highest BCUT2D eigenvalue weighted by molar-refractivity contribution is 7.89. The Hall–Kier alpha value is -0.600. The minimum absolute atomic E-state index is 0.0433. The van der Waals surface area contributed by atoms with E-state index in [4.69, 9.17) is 4.74 Å². The SMILES string of the molecule is C=C(C)COCCNS(=O)(=O)CCCC(F)(F)F. The zero-order valence-corrected chi connectivity index (χ0v) is 11.0. The molecule has 0 radical (unpaired) electrons. The van der Waals surface area contributed by atoms with Crippen molar-refractivity contribution in [3.8, 4) is 0 Å². The van der Waals surface area contributed by atoms with Gasteiger partial charge in [-0.25, -0.2) is 13.1 Å². The zero-order chi connectivity index (χ0) is 14.2. The molecule has 0 aliphatic rings. The lowest BCUT2D eigenvalue weighted by atomic mass is 10.3. The molecule has 4 nitrogen and oxygen atoms in total. The van der Waals surface area contributed by atoms with Crippen LogP contribution < -0.4 is 4.72 Å². The molecule has 18 heavy (non-hydrogen) atoms. The average molecular weight is 289 g/mol. The number of sulfonamides is 1. The minimum atomic E-state index is -4.32. The van der Waals surface area contributed by atoms with Crippen molar-refractivity contribution in [2.45, 2.75) is 25.9 Å². The van der Waals surface area contributed by atoms with Gasteiger partial charge in [0.25, 0.3) is 0 Å². The molecule has 0 aliphatic carbocycles. The molecule has 0 atom stereocenters. The number of rotatable bonds is 9. The first-order valence-corrected chi connectivity index (χ1v) is 7.04. The maximum Gasteiger partial charge on any atom is 0.389 e. The van der Waals surface area contributed by atoms with E-state index in [1.54, 1.807) is 6.92 Å². The van der Waals surface area contributed by atoms with E-state index in [2.05, 4.69) is 11.3 Å². The number of nitrogens with one attached hydrogen (secondary N) is 1. The van der Waals surface area contributed by atoms with Crippen molar-refractivity contribution in [3.63, 3.8) is 0 Å². The van der Waals surface area contributed by atoms with E-state index in [1.807, 2.05) is 0 Å². The van der Waals surface area contributed by atoms with Crippen molar-refractivity contribution in [2.24, 2.45) is 0 Å². The topological polar surface area (TPSA) is 55.4 Å². The fourth-order valence-corrected chi connectivity index (χ4v) is 2.11. The molecule has 0 aromatic carbocycles. The molecule has 0 saturated heterocycles. The molecular formula is C10H18F3NO3S. The second-order valence-electron chi connectivity index (χ2n) is 3.94. The molecule has 0 aromatic heterocycles. The van der Waals surface area contributed by atoms with E-state index < -0.39 is 34.8 Å². The van der Waals surface area contributed by atoms with Crippen LogP contribution in [0.4, 0.5) is 13.2 Å². The van der Waals surface area contributed by atoms with Crippen LogP contribution in [0.25, 0.3) is 0 Å². The second kappa shape index (κ2) is 7.75. The van der Waals surface area contributed by atoms with Gasteiger partial charge in [-0.1, -0.05) is 12.2 Å². The van der Waals surface area contributed by atoms with E-state index in [0.29, 0.717) is 6.61 Å². The van der Waals surface area contributed by atoms with Crippen LogP contribution in [0.5, 0.6) is 0 Å². The van der Waals surface area contributed by atoms with Crippen LogP contribution >= 0.6 is 0 Å². The number of alkyl halides is 3. The van der Waals surface area contributed by atoms with E-state index in [1.165, 1.54) is 0 Å². The smallest absolute Gasteiger partial charge is 0.376 e. The molecule has 0 unspecified atom stereocenters. The lowest BCUT2D eigenvalue weighted by Crippen LogP contribution is -2.30. The average Bonchev–Trinajstić information content (AvgIpc) is 2.13. The quantitative estimate of drug-likeness (QED) is 0.520. The molecule has 0 fully saturated rings. The first kappa shape index (κ1) is 17.4. The highest BCUT2D eigenvalue weighted by Crippen LogP contribution is 2.21. The number of ether oxygens (including phenoxy) is 1. The van der Waals surface area contributed by atoms with E-state index in [0.717, 1.165) is 5.57 Å². The highest BCUT2D eigenvalue weighted by Gasteiger charge is 2.27. The van der Waals surface area contributed by atoms with E-state index in [-0.39, 0.29) is 13.2 Å². The molecule has 8 heteroatoms. The third kappa shape index (κ3) is 11.9. The van der Waals surface area contributed by atoms with Gasteiger partial charge in [0, 0.05) is 13.0 Å². The lowest BCUT2D eigenvalue weighted by molar-refractivity contribution is -0.134. The zero-order valence-electron chi connectivity index (χ0n) is 10.2. The van der Waals surface area contributed by atoms with Crippen molar-refractivity contribution in [1.82, 2.24) is 4.72 Å². The molecule has 0 rings (SSSR count). The van der Waals surface area contributed by atoms with Crippen molar-refractivity contribution in [1.29, 1.82) is 0 Å². The maximum absolute atomic E-state index is 11.8. The number of hydrogen-bond donors (Lipinski definition) is 1. The molecule has 0 saturated carbocycles. The van der Waals surface area contributed by atoms with Crippen LogP contribution in [-0.4, -0.2) is 40.1 Å². The van der Waals surface area contributed by atoms with Gasteiger partial charge in [0.05, 0.1) is 19.0 Å². The van der Waals surface area contributed by atoms with Crippen molar-refractivity contribution in [2.75, 3.05) is 25.5 Å². The standard InChI is InChI=1S/C10H18F3NO3S/c1-9(2)8-17-6-5-14-18(15,16)7-3-4-10(11,12)13/h14H,1,3-8H2,2H3. The predicted molar refractivity (Wildman–Crippen MR) is 62.7 cm³/mol. The monoisotopic (exact) mass is 289 g/mol. The Morgan fingerprint density at radius 2 is 2.00 bits per heavy atom. The van der Waals surface area contributed by atoms with Gasteiger partial charge in [0.15, 0.2) is 0 Å². The number of hydrogen-bond acceptors (Lipinski definition) is 3. The third-order valence-electron chi connectivity index (χ3n) is 1.79.